The van der Waals surface area contributed by atoms with Crippen LogP contribution in [0.3, 0.4) is 0 Å². The highest BCUT2D eigenvalue weighted by atomic mass is 32.2. The fraction of sp³-hybridized carbons (Fsp3) is 0.400. The molecule has 3 aromatic carbocycles. The summed E-state index contributed by atoms with van der Waals surface area (Å²) in [5.41, 5.74) is -1.44. The van der Waals surface area contributed by atoms with Gasteiger partial charge in [-0.3, -0.25) is 14.4 Å². The normalized spacial score (nSPS) is 17.2. The molecule has 0 saturated carbocycles. The third-order valence-corrected chi connectivity index (χ3v) is 11.3. The topological polar surface area (TPSA) is 182 Å². The number of pyridine rings is 1. The molecular formula is C45H55N5O9S. The monoisotopic (exact) mass is 841 g/mol. The highest BCUT2D eigenvalue weighted by molar-refractivity contribution is 7.90. The maximum atomic E-state index is 14.8. The van der Waals surface area contributed by atoms with Gasteiger partial charge < -0.3 is 29.7 Å². The van der Waals surface area contributed by atoms with Crippen molar-refractivity contribution in [1.82, 2.24) is 25.2 Å². The number of alkyl carbamates (subject to hydrolysis) is 1. The molecule has 1 aromatic heterocycles. The Labute approximate surface area is 352 Å². The highest BCUT2D eigenvalue weighted by Crippen LogP contribution is 2.35. The zero-order valence-corrected chi connectivity index (χ0v) is 36.2. The van der Waals surface area contributed by atoms with E-state index < -0.39 is 68.6 Å². The lowest BCUT2D eigenvalue weighted by atomic mass is 9.85. The van der Waals surface area contributed by atoms with E-state index in [9.17, 15) is 27.6 Å². The first kappa shape index (κ1) is 45.1. The van der Waals surface area contributed by atoms with Crippen LogP contribution in [0, 0.1) is 5.41 Å². The van der Waals surface area contributed by atoms with Crippen molar-refractivity contribution in [2.45, 2.75) is 102 Å². The molecule has 0 aliphatic carbocycles. The number of nitrogens with one attached hydrogen (secondary N) is 3. The van der Waals surface area contributed by atoms with Crippen molar-refractivity contribution in [2.24, 2.45) is 5.41 Å². The van der Waals surface area contributed by atoms with Crippen molar-refractivity contribution >= 4 is 44.7 Å². The Kier molecular flexibility index (Phi) is 13.6. The first-order valence-electron chi connectivity index (χ1n) is 19.7. The van der Waals surface area contributed by atoms with Crippen molar-refractivity contribution in [3.63, 3.8) is 0 Å². The van der Waals surface area contributed by atoms with E-state index in [0.29, 0.717) is 28.1 Å². The molecule has 0 bridgehead atoms. The van der Waals surface area contributed by atoms with Crippen LogP contribution in [0.4, 0.5) is 4.79 Å². The number of benzene rings is 3. The van der Waals surface area contributed by atoms with Gasteiger partial charge in [-0.05, 0) is 70.2 Å². The second kappa shape index (κ2) is 18.1. The molecule has 5 rings (SSSR count). The minimum atomic E-state index is -4.31. The van der Waals surface area contributed by atoms with E-state index in [0.717, 1.165) is 5.56 Å². The van der Waals surface area contributed by atoms with Gasteiger partial charge in [0.05, 0.1) is 29.8 Å². The van der Waals surface area contributed by atoms with Gasteiger partial charge in [0.2, 0.25) is 11.8 Å². The van der Waals surface area contributed by atoms with Gasteiger partial charge in [-0.2, -0.15) is 0 Å². The Morgan fingerprint density at radius 3 is 2.18 bits per heavy atom. The lowest BCUT2D eigenvalue weighted by Crippen LogP contribution is -2.62. The first-order valence-corrected chi connectivity index (χ1v) is 21.2. The molecule has 4 unspecified atom stereocenters. The predicted octanol–water partition coefficient (Wildman–Crippen LogP) is 6.54. The van der Waals surface area contributed by atoms with Crippen LogP contribution in [-0.2, 0) is 29.1 Å². The SMILES string of the molecule is C=CCCC(C)(NC(=O)C1CC(Oc2cc(-c3ccccc3)nc3cc(OC)ccc23)CN1C(=O)C(NC(=O)OC(C)(C)C)C(C)(C)C)C(=O)NS(=O)(=O)c1ccccc1. The van der Waals surface area contributed by atoms with Crippen molar-refractivity contribution in [2.75, 3.05) is 13.7 Å². The number of methoxy groups -OCH3 is 1. The molecule has 1 aliphatic rings. The molecule has 3 N–H and O–H groups in total. The molecule has 14 nitrogen and oxygen atoms in total. The van der Waals surface area contributed by atoms with Crippen LogP contribution in [-0.4, -0.2) is 85.1 Å². The zero-order valence-electron chi connectivity index (χ0n) is 35.4. The number of nitrogens with zero attached hydrogens (tertiary/aromatic N) is 2. The highest BCUT2D eigenvalue weighted by Gasteiger charge is 2.48. The molecule has 1 fully saturated rings. The van der Waals surface area contributed by atoms with Crippen LogP contribution in [0.25, 0.3) is 22.2 Å². The summed E-state index contributed by atoms with van der Waals surface area (Å²) in [6.07, 6.45) is 0.165. The van der Waals surface area contributed by atoms with Crippen molar-refractivity contribution in [3.8, 4) is 22.8 Å². The maximum absolute atomic E-state index is 14.8. The second-order valence-corrected chi connectivity index (χ2v) is 18.8. The van der Waals surface area contributed by atoms with Gasteiger partial charge in [0.25, 0.3) is 15.9 Å². The molecule has 15 heteroatoms. The molecule has 1 aliphatic heterocycles. The predicted molar refractivity (Wildman–Crippen MR) is 229 cm³/mol. The molecule has 320 valence electrons. The first-order chi connectivity index (χ1) is 28.1. The van der Waals surface area contributed by atoms with Gasteiger partial charge in [0.1, 0.15) is 40.8 Å². The third-order valence-electron chi connectivity index (χ3n) is 9.99. The number of hydrogen-bond donors (Lipinski definition) is 3. The molecule has 0 radical (unpaired) electrons. The lowest BCUT2D eigenvalue weighted by molar-refractivity contribution is -0.143. The van der Waals surface area contributed by atoms with E-state index in [1.807, 2.05) is 36.4 Å². The van der Waals surface area contributed by atoms with Gasteiger partial charge in [0, 0.05) is 29.5 Å². The van der Waals surface area contributed by atoms with Crippen LogP contribution in [0.1, 0.15) is 67.7 Å². The van der Waals surface area contributed by atoms with Gasteiger partial charge in [0.15, 0.2) is 0 Å². The summed E-state index contributed by atoms with van der Waals surface area (Å²) in [5.74, 6) is -1.26. The van der Waals surface area contributed by atoms with E-state index in [1.54, 1.807) is 79.0 Å². The fourth-order valence-electron chi connectivity index (χ4n) is 6.82. The second-order valence-electron chi connectivity index (χ2n) is 17.1. The average molecular weight is 842 g/mol. The zero-order chi connectivity index (χ0) is 44.0. The Balaban J connectivity index is 1.53. The minimum Gasteiger partial charge on any atom is -0.497 e. The van der Waals surface area contributed by atoms with E-state index in [2.05, 4.69) is 21.9 Å². The lowest BCUT2D eigenvalue weighted by Gasteiger charge is -2.36. The molecule has 1 saturated heterocycles. The smallest absolute Gasteiger partial charge is 0.408 e. The van der Waals surface area contributed by atoms with E-state index in [1.165, 1.54) is 36.1 Å². The minimum absolute atomic E-state index is 0.0154. The number of allylic oxidation sites excluding steroid dienone is 1. The molecular weight excluding hydrogens is 787 g/mol. The Morgan fingerprint density at radius 1 is 0.933 bits per heavy atom. The number of sulfonamides is 1. The Hall–Kier alpha value is -5.96. The van der Waals surface area contributed by atoms with Gasteiger partial charge >= 0.3 is 6.09 Å². The standard InChI is InChI=1S/C45H55N5O9S/c1-10-11-24-45(8,41(53)49-60(55,56)32-20-16-13-17-21-32)48-39(51)36-26-31(28-50(36)40(52)38(43(2,3)4)47-42(54)59-44(5,6)7)58-37-27-34(29-18-14-12-15-19-29)46-35-25-30(57-9)22-23-33(35)37/h10,12-23,25,27,31,36,38H,1,11,24,26,28H2,2-9H3,(H,47,54)(H,48,51)(H,49,53). The summed E-state index contributed by atoms with van der Waals surface area (Å²) in [4.78, 5) is 62.5. The number of ether oxygens (including phenoxy) is 3. The fourth-order valence-corrected chi connectivity index (χ4v) is 7.93. The summed E-state index contributed by atoms with van der Waals surface area (Å²) < 4.78 is 46.4. The number of fused-ring (bicyclic) bond motifs is 1. The van der Waals surface area contributed by atoms with Crippen LogP contribution in [0.15, 0.2) is 102 Å². The van der Waals surface area contributed by atoms with E-state index in [4.69, 9.17) is 19.2 Å². The van der Waals surface area contributed by atoms with Crippen molar-refractivity contribution in [1.29, 1.82) is 0 Å². The average Bonchev–Trinajstić information content (AvgIpc) is 3.62. The van der Waals surface area contributed by atoms with Crippen LogP contribution in [0.5, 0.6) is 11.5 Å². The number of amides is 4. The quantitative estimate of drug-likeness (QED) is 0.118. The Morgan fingerprint density at radius 2 is 1.58 bits per heavy atom. The summed E-state index contributed by atoms with van der Waals surface area (Å²) in [6, 6.07) is 21.7. The van der Waals surface area contributed by atoms with Gasteiger partial charge in [-0.25, -0.2) is 22.9 Å². The van der Waals surface area contributed by atoms with Crippen LogP contribution in [0.2, 0.25) is 0 Å². The molecule has 4 amide bonds. The van der Waals surface area contributed by atoms with Gasteiger partial charge in [-0.1, -0.05) is 75.4 Å². The van der Waals surface area contributed by atoms with Crippen LogP contribution >= 0.6 is 0 Å². The maximum Gasteiger partial charge on any atom is 0.408 e. The summed E-state index contributed by atoms with van der Waals surface area (Å²) in [5, 5.41) is 6.17. The van der Waals surface area contributed by atoms with E-state index in [-0.39, 0.29) is 30.7 Å². The van der Waals surface area contributed by atoms with Crippen molar-refractivity contribution in [3.05, 3.63) is 97.6 Å². The molecule has 0 spiro atoms. The molecule has 2 heterocycles. The molecule has 60 heavy (non-hydrogen) atoms. The largest absolute Gasteiger partial charge is 0.497 e. The number of likely N-dealkylation sites (tertiary alicyclic amines) is 1. The Bertz CT molecular complexity index is 2330. The van der Waals surface area contributed by atoms with E-state index >= 15 is 0 Å². The third kappa shape index (κ3) is 11.0. The van der Waals surface area contributed by atoms with Crippen molar-refractivity contribution < 1.29 is 41.8 Å². The molecule has 4 aromatic rings. The number of carbonyl (C=O) groups excluding carboxylic acids is 4. The number of rotatable bonds is 14. The summed E-state index contributed by atoms with van der Waals surface area (Å²) in [7, 11) is -2.75. The number of aromatic nitrogens is 1. The van der Waals surface area contributed by atoms with Gasteiger partial charge in [-0.15, -0.1) is 6.58 Å². The van der Waals surface area contributed by atoms with Crippen LogP contribution < -0.4 is 24.8 Å². The number of hydrogen-bond acceptors (Lipinski definition) is 10. The summed E-state index contributed by atoms with van der Waals surface area (Å²) >= 11 is 0. The molecule has 4 atom stereocenters. The number of carbonyl (C=O) groups is 4. The summed E-state index contributed by atoms with van der Waals surface area (Å²) in [6.45, 7) is 15.5.